The lowest BCUT2D eigenvalue weighted by atomic mass is 9.40. The zero-order valence-corrected chi connectivity index (χ0v) is 11.8. The molecule has 0 radical (unpaired) electrons. The van der Waals surface area contributed by atoms with Crippen molar-refractivity contribution in [3.63, 3.8) is 0 Å². The van der Waals surface area contributed by atoms with Crippen LogP contribution in [0.4, 0.5) is 0 Å². The first-order chi connectivity index (χ1) is 7.88. The second kappa shape index (κ2) is 3.50. The Hall–Kier alpha value is -0.0400. The lowest BCUT2D eigenvalue weighted by molar-refractivity contribution is -0.194. The molecule has 4 aliphatic rings. The molecule has 98 valence electrons. The minimum Gasteiger partial charge on any atom is -0.390 e. The Morgan fingerprint density at radius 3 is 2.18 bits per heavy atom. The zero-order valence-electron chi connectivity index (χ0n) is 11.8. The molecule has 1 nitrogen and oxygen atoms in total. The van der Waals surface area contributed by atoms with Gasteiger partial charge in [0.15, 0.2) is 0 Å². The van der Waals surface area contributed by atoms with Crippen molar-refractivity contribution in [2.75, 3.05) is 0 Å². The molecule has 4 saturated carbocycles. The maximum atomic E-state index is 10.7. The van der Waals surface area contributed by atoms with Crippen LogP contribution in [0.15, 0.2) is 0 Å². The molecular weight excluding hydrogens is 208 g/mol. The molecule has 0 saturated heterocycles. The van der Waals surface area contributed by atoms with Crippen LogP contribution >= 0.6 is 0 Å². The van der Waals surface area contributed by atoms with E-state index >= 15 is 0 Å². The van der Waals surface area contributed by atoms with Gasteiger partial charge < -0.3 is 5.11 Å². The first-order valence-electron chi connectivity index (χ1n) is 7.61. The van der Waals surface area contributed by atoms with Gasteiger partial charge in [0.2, 0.25) is 0 Å². The summed E-state index contributed by atoms with van der Waals surface area (Å²) in [4.78, 5) is 0. The van der Waals surface area contributed by atoms with Crippen LogP contribution in [-0.4, -0.2) is 10.7 Å². The van der Waals surface area contributed by atoms with Crippen LogP contribution in [0.5, 0.6) is 0 Å². The third-order valence-electron chi connectivity index (χ3n) is 6.26. The molecule has 17 heavy (non-hydrogen) atoms. The van der Waals surface area contributed by atoms with E-state index in [2.05, 4.69) is 20.8 Å². The highest BCUT2D eigenvalue weighted by Crippen LogP contribution is 2.69. The highest BCUT2D eigenvalue weighted by molar-refractivity contribution is 5.11. The predicted molar refractivity (Wildman–Crippen MR) is 70.8 cm³/mol. The topological polar surface area (TPSA) is 20.2 Å². The third kappa shape index (κ3) is 1.69. The molecule has 2 atom stereocenters. The standard InChI is InChI=1S/C16H28O/c1-4-5-15-7-12-6-13(8-15)10-16(9-12,11-15)14(2,3)17/h12-13,17H,4-11H2,1-3H3. The van der Waals surface area contributed by atoms with E-state index in [0.717, 1.165) is 11.8 Å². The average molecular weight is 236 g/mol. The van der Waals surface area contributed by atoms with Crippen molar-refractivity contribution in [1.82, 2.24) is 0 Å². The predicted octanol–water partition coefficient (Wildman–Crippen LogP) is 4.14. The van der Waals surface area contributed by atoms with Gasteiger partial charge in [0.05, 0.1) is 5.60 Å². The van der Waals surface area contributed by atoms with Gasteiger partial charge in [0, 0.05) is 0 Å². The van der Waals surface area contributed by atoms with Crippen molar-refractivity contribution in [3.8, 4) is 0 Å². The van der Waals surface area contributed by atoms with Gasteiger partial charge in [0.25, 0.3) is 0 Å². The van der Waals surface area contributed by atoms with Gasteiger partial charge in [-0.15, -0.1) is 0 Å². The Bertz CT molecular complexity index is 298. The summed E-state index contributed by atoms with van der Waals surface area (Å²) >= 11 is 0. The molecule has 1 N–H and O–H groups in total. The van der Waals surface area contributed by atoms with Crippen LogP contribution in [-0.2, 0) is 0 Å². The Morgan fingerprint density at radius 2 is 1.71 bits per heavy atom. The molecule has 0 aromatic carbocycles. The normalized spacial score (nSPS) is 48.7. The van der Waals surface area contributed by atoms with E-state index < -0.39 is 5.60 Å². The Kier molecular flexibility index (Phi) is 2.47. The van der Waals surface area contributed by atoms with E-state index in [1.165, 1.54) is 51.4 Å². The average Bonchev–Trinajstić information content (AvgIpc) is 2.12. The lowest BCUT2D eigenvalue weighted by Crippen LogP contribution is -2.59. The van der Waals surface area contributed by atoms with Crippen molar-refractivity contribution in [2.45, 2.75) is 77.7 Å². The van der Waals surface area contributed by atoms with Gasteiger partial charge in [-0.05, 0) is 81.5 Å². The molecule has 0 aliphatic heterocycles. The van der Waals surface area contributed by atoms with E-state index in [1.807, 2.05) is 0 Å². The van der Waals surface area contributed by atoms with Gasteiger partial charge >= 0.3 is 0 Å². The summed E-state index contributed by atoms with van der Waals surface area (Å²) in [7, 11) is 0. The van der Waals surface area contributed by atoms with Gasteiger partial charge in [-0.25, -0.2) is 0 Å². The molecule has 2 unspecified atom stereocenters. The summed E-state index contributed by atoms with van der Waals surface area (Å²) in [5.74, 6) is 1.85. The number of hydrogen-bond acceptors (Lipinski definition) is 1. The molecule has 0 spiro atoms. The summed E-state index contributed by atoms with van der Waals surface area (Å²) in [6, 6.07) is 0. The van der Waals surface area contributed by atoms with E-state index in [4.69, 9.17) is 0 Å². The quantitative estimate of drug-likeness (QED) is 0.780. The second-order valence-corrected chi connectivity index (χ2v) is 8.05. The Balaban J connectivity index is 1.94. The van der Waals surface area contributed by atoms with E-state index in [1.54, 1.807) is 0 Å². The van der Waals surface area contributed by atoms with E-state index in [-0.39, 0.29) is 5.41 Å². The van der Waals surface area contributed by atoms with Crippen molar-refractivity contribution in [2.24, 2.45) is 22.7 Å². The maximum Gasteiger partial charge on any atom is 0.0648 e. The summed E-state index contributed by atoms with van der Waals surface area (Å²) in [5, 5.41) is 10.7. The van der Waals surface area contributed by atoms with Crippen molar-refractivity contribution < 1.29 is 5.11 Å². The fourth-order valence-corrected chi connectivity index (χ4v) is 5.99. The van der Waals surface area contributed by atoms with E-state index in [0.29, 0.717) is 5.41 Å². The fraction of sp³-hybridized carbons (Fsp3) is 1.00. The highest BCUT2D eigenvalue weighted by Gasteiger charge is 2.61. The molecule has 4 rings (SSSR count). The fourth-order valence-electron chi connectivity index (χ4n) is 5.99. The first kappa shape index (κ1) is 12.0. The zero-order chi connectivity index (χ0) is 12.3. The SMILES string of the molecule is CCCC12CC3CC(C1)CC(C(C)(C)O)(C3)C2. The van der Waals surface area contributed by atoms with Crippen LogP contribution in [0.1, 0.15) is 72.1 Å². The number of rotatable bonds is 3. The third-order valence-corrected chi connectivity index (χ3v) is 6.26. The largest absolute Gasteiger partial charge is 0.390 e. The number of aliphatic hydroxyl groups is 1. The van der Waals surface area contributed by atoms with Gasteiger partial charge in [0.1, 0.15) is 0 Å². The Morgan fingerprint density at radius 1 is 1.12 bits per heavy atom. The molecule has 0 aromatic rings. The van der Waals surface area contributed by atoms with Crippen molar-refractivity contribution in [1.29, 1.82) is 0 Å². The van der Waals surface area contributed by atoms with Gasteiger partial charge in [-0.3, -0.25) is 0 Å². The molecule has 4 bridgehead atoms. The molecule has 0 aromatic heterocycles. The summed E-state index contributed by atoms with van der Waals surface area (Å²) in [6.07, 6.45) is 11.0. The monoisotopic (exact) mass is 236 g/mol. The summed E-state index contributed by atoms with van der Waals surface area (Å²) < 4.78 is 0. The molecule has 0 amide bonds. The smallest absolute Gasteiger partial charge is 0.0648 e. The van der Waals surface area contributed by atoms with Gasteiger partial charge in [-0.2, -0.15) is 0 Å². The minimum absolute atomic E-state index is 0.256. The molecular formula is C16H28O. The van der Waals surface area contributed by atoms with Crippen LogP contribution in [0.3, 0.4) is 0 Å². The highest BCUT2D eigenvalue weighted by atomic mass is 16.3. The second-order valence-electron chi connectivity index (χ2n) is 8.05. The van der Waals surface area contributed by atoms with Crippen molar-refractivity contribution in [3.05, 3.63) is 0 Å². The van der Waals surface area contributed by atoms with Crippen molar-refractivity contribution >= 4 is 0 Å². The molecule has 1 heteroatoms. The summed E-state index contributed by atoms with van der Waals surface area (Å²) in [6.45, 7) is 6.47. The van der Waals surface area contributed by atoms with Crippen LogP contribution in [0, 0.1) is 22.7 Å². The van der Waals surface area contributed by atoms with Gasteiger partial charge in [-0.1, -0.05) is 13.3 Å². The van der Waals surface area contributed by atoms with Crippen LogP contribution < -0.4 is 0 Å². The maximum absolute atomic E-state index is 10.7. The molecule has 0 heterocycles. The van der Waals surface area contributed by atoms with Crippen LogP contribution in [0.2, 0.25) is 0 Å². The minimum atomic E-state index is -0.469. The molecule has 4 fully saturated rings. The summed E-state index contributed by atoms with van der Waals surface area (Å²) in [5.41, 5.74) is 0.398. The van der Waals surface area contributed by atoms with Crippen LogP contribution in [0.25, 0.3) is 0 Å². The lowest BCUT2D eigenvalue weighted by Gasteiger charge is -2.65. The molecule has 4 aliphatic carbocycles. The Labute approximate surface area is 106 Å². The first-order valence-corrected chi connectivity index (χ1v) is 7.61. The number of hydrogen-bond donors (Lipinski definition) is 1. The van der Waals surface area contributed by atoms with E-state index in [9.17, 15) is 5.11 Å².